The molecule has 0 saturated carbocycles. The van der Waals surface area contributed by atoms with Gasteiger partial charge in [0.1, 0.15) is 30.0 Å². The number of nitrogens with zero attached hydrogens (tertiary/aromatic N) is 2. The van der Waals surface area contributed by atoms with E-state index in [1.807, 2.05) is 62.4 Å². The summed E-state index contributed by atoms with van der Waals surface area (Å²) >= 11 is 0. The zero-order valence-electron chi connectivity index (χ0n) is 34.0. The Morgan fingerprint density at radius 2 is 1.32 bits per heavy atom. The Balaban J connectivity index is 1.69. The number of primary amides is 1. The fourth-order valence-corrected chi connectivity index (χ4v) is 6.60. The van der Waals surface area contributed by atoms with Gasteiger partial charge in [0.05, 0.1) is 0 Å². The predicted octanol–water partition coefficient (Wildman–Crippen LogP) is 3.26. The van der Waals surface area contributed by atoms with Crippen LogP contribution in [0.1, 0.15) is 56.7 Å². The number of imide groups is 1. The van der Waals surface area contributed by atoms with Crippen LogP contribution in [0.2, 0.25) is 0 Å². The van der Waals surface area contributed by atoms with Gasteiger partial charge in [-0.25, -0.2) is 4.39 Å². The van der Waals surface area contributed by atoms with E-state index in [4.69, 9.17) is 17.2 Å². The number of guanidine groups is 1. The highest BCUT2D eigenvalue weighted by molar-refractivity contribution is 6.06. The Labute approximate surface area is 348 Å². The van der Waals surface area contributed by atoms with Crippen molar-refractivity contribution in [1.82, 2.24) is 20.9 Å². The van der Waals surface area contributed by atoms with Crippen LogP contribution in [0, 0.1) is 11.7 Å². The summed E-state index contributed by atoms with van der Waals surface area (Å²) in [6.45, 7) is 5.04. The fraction of sp³-hybridized carbons (Fsp3) is 0.311. The summed E-state index contributed by atoms with van der Waals surface area (Å²) in [5, 5.41) is 10.0. The summed E-state index contributed by atoms with van der Waals surface area (Å²) in [6.07, 6.45) is 3.02. The quantitative estimate of drug-likeness (QED) is 0.0335. The molecule has 0 aliphatic rings. The van der Waals surface area contributed by atoms with Gasteiger partial charge in [0.2, 0.25) is 29.5 Å². The van der Waals surface area contributed by atoms with E-state index in [1.54, 1.807) is 24.3 Å². The number of halogens is 1. The second kappa shape index (κ2) is 22.3. The monoisotopic (exact) mass is 820 g/mol. The molecule has 0 radical (unpaired) electrons. The van der Waals surface area contributed by atoms with Gasteiger partial charge < -0.3 is 33.2 Å². The van der Waals surface area contributed by atoms with Crippen molar-refractivity contribution in [2.75, 3.05) is 6.54 Å². The van der Waals surface area contributed by atoms with E-state index in [0.717, 1.165) is 22.6 Å². The van der Waals surface area contributed by atoms with Crippen LogP contribution in [0.15, 0.2) is 108 Å². The Bertz CT molecular complexity index is 2190. The molecule has 4 atom stereocenters. The average Bonchev–Trinajstić information content (AvgIpc) is 3.20. The van der Waals surface area contributed by atoms with Gasteiger partial charge in [-0.2, -0.15) is 0 Å². The fourth-order valence-electron chi connectivity index (χ4n) is 6.60. The Morgan fingerprint density at radius 3 is 1.95 bits per heavy atom. The lowest BCUT2D eigenvalue weighted by Crippen LogP contribution is -2.59. The Kier molecular flexibility index (Phi) is 17.0. The molecule has 0 saturated heterocycles. The molecule has 0 aromatic heterocycles. The van der Waals surface area contributed by atoms with E-state index in [-0.39, 0.29) is 44.1 Å². The number of nitrogens with two attached hydrogens (primary N) is 3. The van der Waals surface area contributed by atoms with Crippen LogP contribution in [-0.4, -0.2) is 77.0 Å². The number of amides is 6. The molecule has 14 nitrogen and oxygen atoms in total. The van der Waals surface area contributed by atoms with Crippen molar-refractivity contribution in [3.05, 3.63) is 126 Å². The molecule has 316 valence electrons. The third-order valence-electron chi connectivity index (χ3n) is 9.58. The van der Waals surface area contributed by atoms with Crippen molar-refractivity contribution < 1.29 is 33.2 Å². The summed E-state index contributed by atoms with van der Waals surface area (Å²) < 4.78 is 14.0. The lowest BCUT2D eigenvalue weighted by atomic mass is 9.98. The van der Waals surface area contributed by atoms with Gasteiger partial charge >= 0.3 is 0 Å². The minimum Gasteiger partial charge on any atom is -0.370 e. The van der Waals surface area contributed by atoms with Crippen molar-refractivity contribution in [2.45, 2.75) is 77.0 Å². The molecule has 9 N–H and O–H groups in total. The van der Waals surface area contributed by atoms with Crippen molar-refractivity contribution >= 4 is 58.3 Å². The summed E-state index contributed by atoms with van der Waals surface area (Å²) in [5.41, 5.74) is 18.2. The molecule has 4 aromatic carbocycles. The van der Waals surface area contributed by atoms with Gasteiger partial charge in [-0.15, -0.1) is 0 Å². The lowest BCUT2D eigenvalue weighted by Gasteiger charge is -2.30. The second-order valence-corrected chi connectivity index (χ2v) is 14.9. The third kappa shape index (κ3) is 14.2. The number of carbonyl (C=O) groups is 6. The van der Waals surface area contributed by atoms with E-state index in [0.29, 0.717) is 23.1 Å². The molecule has 0 fully saturated rings. The van der Waals surface area contributed by atoms with Crippen molar-refractivity contribution in [1.29, 1.82) is 0 Å². The first-order valence-electron chi connectivity index (χ1n) is 19.7. The minimum absolute atomic E-state index is 0.0572. The SMILES string of the molecule is CC(=O)N(C(=O)/C=C/c1ccccc1)[C@@H](Cc1ccc(F)cc1)C(=O)N[C@@H](Cc1ccc2ccccc2c1)C(=O)N[C@@H](CC(C)C)C(=O)N[C@@H](CCCN=C(N)N)C(N)=O. The van der Waals surface area contributed by atoms with Gasteiger partial charge in [0.25, 0.3) is 5.91 Å². The summed E-state index contributed by atoms with van der Waals surface area (Å²) in [6, 6.07) is 22.2. The largest absolute Gasteiger partial charge is 0.370 e. The Morgan fingerprint density at radius 1 is 0.717 bits per heavy atom. The molecule has 4 rings (SSSR count). The third-order valence-corrected chi connectivity index (χ3v) is 9.58. The molecule has 6 amide bonds. The average molecular weight is 821 g/mol. The molecule has 15 heteroatoms. The highest BCUT2D eigenvalue weighted by Gasteiger charge is 2.36. The lowest BCUT2D eigenvalue weighted by molar-refractivity contribution is -0.148. The van der Waals surface area contributed by atoms with Crippen LogP contribution in [0.25, 0.3) is 16.8 Å². The summed E-state index contributed by atoms with van der Waals surface area (Å²) in [4.78, 5) is 86.8. The Hall–Kier alpha value is -6.90. The van der Waals surface area contributed by atoms with Crippen LogP contribution in [0.4, 0.5) is 4.39 Å². The highest BCUT2D eigenvalue weighted by atomic mass is 19.1. The zero-order valence-corrected chi connectivity index (χ0v) is 34.0. The molecule has 0 aliphatic heterocycles. The number of hydrogen-bond donors (Lipinski definition) is 6. The van der Waals surface area contributed by atoms with Crippen LogP contribution in [-0.2, 0) is 41.6 Å². The molecule has 0 aliphatic carbocycles. The summed E-state index contributed by atoms with van der Waals surface area (Å²) in [5.74, 6) is -5.35. The number of rotatable bonds is 20. The van der Waals surface area contributed by atoms with E-state index in [2.05, 4.69) is 20.9 Å². The van der Waals surface area contributed by atoms with Crippen LogP contribution < -0.4 is 33.2 Å². The topological polar surface area (TPSA) is 232 Å². The molecular formula is C45H53FN8O6. The van der Waals surface area contributed by atoms with E-state index in [9.17, 15) is 33.2 Å². The van der Waals surface area contributed by atoms with Gasteiger partial charge in [-0.3, -0.25) is 38.7 Å². The molecule has 4 aromatic rings. The normalized spacial score (nSPS) is 13.2. The molecule has 0 bridgehead atoms. The van der Waals surface area contributed by atoms with Crippen LogP contribution in [0.3, 0.4) is 0 Å². The van der Waals surface area contributed by atoms with E-state index >= 15 is 0 Å². The smallest absolute Gasteiger partial charge is 0.253 e. The van der Waals surface area contributed by atoms with Crippen molar-refractivity contribution in [2.24, 2.45) is 28.1 Å². The maximum Gasteiger partial charge on any atom is 0.253 e. The zero-order chi connectivity index (χ0) is 43.8. The first-order chi connectivity index (χ1) is 28.6. The molecule has 0 unspecified atom stereocenters. The molecule has 0 heterocycles. The van der Waals surface area contributed by atoms with E-state index < -0.39 is 65.4 Å². The summed E-state index contributed by atoms with van der Waals surface area (Å²) in [7, 11) is 0. The standard InChI is InChI=1S/C45H53FN8O6/c1-28(2)24-37(42(58)51-36(41(47)57)14-9-23-50-45(48)49)52-43(59)38(26-32-15-19-33-12-7-8-13-34(33)25-32)53-44(60)39(27-31-16-20-35(46)21-17-31)54(29(3)55)40(56)22-18-30-10-5-4-6-11-30/h4-8,10-13,15-22,25,28,36-39H,9,14,23-24,26-27H2,1-3H3,(H2,47,57)(H,51,58)(H,52,59)(H,53,60)(H4,48,49,50)/b22-18+/t36-,37-,38-,39-/m0/s1. The minimum atomic E-state index is -1.49. The van der Waals surface area contributed by atoms with Gasteiger partial charge in [-0.1, -0.05) is 98.8 Å². The van der Waals surface area contributed by atoms with Crippen LogP contribution >= 0.6 is 0 Å². The van der Waals surface area contributed by atoms with Gasteiger partial charge in [0.15, 0.2) is 5.96 Å². The number of carbonyl (C=O) groups excluding carboxylic acids is 6. The molecule has 60 heavy (non-hydrogen) atoms. The van der Waals surface area contributed by atoms with Gasteiger partial charge in [-0.05, 0) is 70.9 Å². The number of benzene rings is 4. The molecule has 0 spiro atoms. The maximum atomic E-state index is 14.6. The number of nitrogens with one attached hydrogen (secondary N) is 3. The first kappa shape index (κ1) is 45.8. The van der Waals surface area contributed by atoms with Crippen molar-refractivity contribution in [3.8, 4) is 0 Å². The predicted molar refractivity (Wildman–Crippen MR) is 229 cm³/mol. The first-order valence-corrected chi connectivity index (χ1v) is 19.7. The second-order valence-electron chi connectivity index (χ2n) is 14.9. The van der Waals surface area contributed by atoms with E-state index in [1.165, 1.54) is 36.4 Å². The molecular weight excluding hydrogens is 768 g/mol. The van der Waals surface area contributed by atoms with Gasteiger partial charge in [0, 0.05) is 32.4 Å². The number of hydrogen-bond acceptors (Lipinski definition) is 7. The van der Waals surface area contributed by atoms with Crippen molar-refractivity contribution in [3.63, 3.8) is 0 Å². The number of fused-ring (bicyclic) bond motifs is 1. The highest BCUT2D eigenvalue weighted by Crippen LogP contribution is 2.19. The maximum absolute atomic E-state index is 14.6. The van der Waals surface area contributed by atoms with Crippen LogP contribution in [0.5, 0.6) is 0 Å². The number of aliphatic imine (C=N–C) groups is 1.